The molecule has 1 aromatic rings. The summed E-state index contributed by atoms with van der Waals surface area (Å²) < 4.78 is 12.9. The third kappa shape index (κ3) is 4.90. The molecule has 0 spiro atoms. The number of hydrogen-bond acceptors (Lipinski definition) is 4. The van der Waals surface area contributed by atoms with Crippen LogP contribution in [0.25, 0.3) is 0 Å². The van der Waals surface area contributed by atoms with Gasteiger partial charge in [0.25, 0.3) is 5.69 Å². The number of carbonyl (C=O) groups excluding carboxylic acids is 1. The van der Waals surface area contributed by atoms with Gasteiger partial charge in [-0.25, -0.2) is 4.39 Å². The van der Waals surface area contributed by atoms with Gasteiger partial charge in [-0.05, 0) is 18.1 Å². The summed E-state index contributed by atoms with van der Waals surface area (Å²) in [6, 6.07) is 3.15. The standard InChI is InChI=1S/C12H16FN3O3/c1-8(2)6-15-12(17)7-14-10-4-3-9(13)5-11(10)16(18)19/h3-5,8,14H,6-7H2,1-2H3,(H,15,17). The zero-order chi connectivity index (χ0) is 14.4. The molecule has 0 unspecified atom stereocenters. The molecule has 19 heavy (non-hydrogen) atoms. The van der Waals surface area contributed by atoms with Crippen LogP contribution in [0.5, 0.6) is 0 Å². The Hall–Kier alpha value is -2.18. The van der Waals surface area contributed by atoms with E-state index in [0.717, 1.165) is 12.1 Å². The lowest BCUT2D eigenvalue weighted by Gasteiger charge is -2.09. The van der Waals surface area contributed by atoms with E-state index in [4.69, 9.17) is 0 Å². The fourth-order valence-corrected chi connectivity index (χ4v) is 1.36. The zero-order valence-corrected chi connectivity index (χ0v) is 10.8. The quantitative estimate of drug-likeness (QED) is 0.610. The van der Waals surface area contributed by atoms with E-state index < -0.39 is 16.4 Å². The smallest absolute Gasteiger partial charge is 0.295 e. The highest BCUT2D eigenvalue weighted by atomic mass is 19.1. The molecule has 1 amide bonds. The lowest BCUT2D eigenvalue weighted by atomic mass is 10.2. The van der Waals surface area contributed by atoms with Crippen molar-refractivity contribution in [2.75, 3.05) is 18.4 Å². The average Bonchev–Trinajstić information content (AvgIpc) is 2.34. The van der Waals surface area contributed by atoms with E-state index >= 15 is 0 Å². The first-order valence-corrected chi connectivity index (χ1v) is 5.84. The molecule has 7 heteroatoms. The molecule has 0 aliphatic carbocycles. The molecule has 0 bridgehead atoms. The summed E-state index contributed by atoms with van der Waals surface area (Å²) in [6.45, 7) is 4.35. The van der Waals surface area contributed by atoms with Gasteiger partial charge >= 0.3 is 0 Å². The highest BCUT2D eigenvalue weighted by molar-refractivity contribution is 5.81. The molecular formula is C12H16FN3O3. The Morgan fingerprint density at radius 2 is 2.16 bits per heavy atom. The predicted molar refractivity (Wildman–Crippen MR) is 69.4 cm³/mol. The van der Waals surface area contributed by atoms with Gasteiger partial charge in [0, 0.05) is 6.54 Å². The third-order valence-corrected chi connectivity index (χ3v) is 2.30. The normalized spacial score (nSPS) is 10.3. The maximum absolute atomic E-state index is 12.9. The van der Waals surface area contributed by atoms with Crippen molar-refractivity contribution in [2.24, 2.45) is 5.92 Å². The number of benzene rings is 1. The van der Waals surface area contributed by atoms with Crippen LogP contribution in [0, 0.1) is 21.8 Å². The van der Waals surface area contributed by atoms with Crippen molar-refractivity contribution < 1.29 is 14.1 Å². The third-order valence-electron chi connectivity index (χ3n) is 2.30. The molecule has 0 aliphatic rings. The lowest BCUT2D eigenvalue weighted by Crippen LogP contribution is -2.32. The van der Waals surface area contributed by atoms with Gasteiger partial charge < -0.3 is 10.6 Å². The number of nitro benzene ring substituents is 1. The number of rotatable bonds is 6. The molecule has 0 radical (unpaired) electrons. The van der Waals surface area contributed by atoms with Crippen LogP contribution in [-0.2, 0) is 4.79 Å². The Labute approximate surface area is 110 Å². The second-order valence-corrected chi connectivity index (χ2v) is 4.47. The number of nitrogens with one attached hydrogen (secondary N) is 2. The lowest BCUT2D eigenvalue weighted by molar-refractivity contribution is -0.384. The largest absolute Gasteiger partial charge is 0.371 e. The molecule has 1 rings (SSSR count). The Morgan fingerprint density at radius 3 is 2.74 bits per heavy atom. The average molecular weight is 269 g/mol. The van der Waals surface area contributed by atoms with Gasteiger partial charge in [0.2, 0.25) is 5.91 Å². The molecule has 0 saturated carbocycles. The van der Waals surface area contributed by atoms with Crippen molar-refractivity contribution in [1.29, 1.82) is 0 Å². The van der Waals surface area contributed by atoms with Crippen molar-refractivity contribution in [2.45, 2.75) is 13.8 Å². The van der Waals surface area contributed by atoms with Gasteiger partial charge in [-0.2, -0.15) is 0 Å². The summed E-state index contributed by atoms with van der Waals surface area (Å²) in [5.74, 6) is -0.641. The number of carbonyl (C=O) groups is 1. The first-order chi connectivity index (χ1) is 8.90. The molecule has 0 atom stereocenters. The summed E-state index contributed by atoms with van der Waals surface area (Å²) in [5.41, 5.74) is -0.275. The molecule has 0 aliphatic heterocycles. The van der Waals surface area contributed by atoms with Crippen LogP contribution < -0.4 is 10.6 Å². The summed E-state index contributed by atoms with van der Waals surface area (Å²) in [5, 5.41) is 16.0. The van der Waals surface area contributed by atoms with E-state index in [1.54, 1.807) is 0 Å². The Bertz CT molecular complexity index is 477. The second-order valence-electron chi connectivity index (χ2n) is 4.47. The number of halogens is 1. The van der Waals surface area contributed by atoms with E-state index in [9.17, 15) is 19.3 Å². The minimum absolute atomic E-state index is 0.0980. The van der Waals surface area contributed by atoms with Gasteiger partial charge in [-0.1, -0.05) is 13.8 Å². The number of nitro groups is 1. The summed E-state index contributed by atoms with van der Waals surface area (Å²) in [6.07, 6.45) is 0. The summed E-state index contributed by atoms with van der Waals surface area (Å²) in [7, 11) is 0. The maximum atomic E-state index is 12.9. The van der Waals surface area contributed by atoms with Crippen LogP contribution in [0.15, 0.2) is 18.2 Å². The molecule has 0 heterocycles. The van der Waals surface area contributed by atoms with E-state index in [0.29, 0.717) is 12.5 Å². The highest BCUT2D eigenvalue weighted by Crippen LogP contribution is 2.24. The van der Waals surface area contributed by atoms with Crippen molar-refractivity contribution >= 4 is 17.3 Å². The highest BCUT2D eigenvalue weighted by Gasteiger charge is 2.15. The van der Waals surface area contributed by atoms with Crippen molar-refractivity contribution in [3.8, 4) is 0 Å². The minimum Gasteiger partial charge on any atom is -0.371 e. The summed E-state index contributed by atoms with van der Waals surface area (Å²) in [4.78, 5) is 21.5. The summed E-state index contributed by atoms with van der Waals surface area (Å²) >= 11 is 0. The maximum Gasteiger partial charge on any atom is 0.295 e. The number of anilines is 1. The fraction of sp³-hybridized carbons (Fsp3) is 0.417. The first-order valence-electron chi connectivity index (χ1n) is 5.84. The van der Waals surface area contributed by atoms with Gasteiger partial charge in [0.15, 0.2) is 0 Å². The molecule has 1 aromatic carbocycles. The van der Waals surface area contributed by atoms with Gasteiger partial charge in [0.1, 0.15) is 11.5 Å². The number of amides is 1. The second kappa shape index (κ2) is 6.67. The SMILES string of the molecule is CC(C)CNC(=O)CNc1ccc(F)cc1[N+](=O)[O-]. The molecule has 6 nitrogen and oxygen atoms in total. The topological polar surface area (TPSA) is 84.3 Å². The van der Waals surface area contributed by atoms with Crippen LogP contribution in [0.2, 0.25) is 0 Å². The van der Waals surface area contributed by atoms with Crippen molar-refractivity contribution in [3.63, 3.8) is 0 Å². The van der Waals surface area contributed by atoms with Crippen molar-refractivity contribution in [3.05, 3.63) is 34.1 Å². The Balaban J connectivity index is 2.62. The van der Waals surface area contributed by atoms with Crippen LogP contribution in [0.4, 0.5) is 15.8 Å². The molecule has 0 aromatic heterocycles. The van der Waals surface area contributed by atoms with Crippen LogP contribution in [-0.4, -0.2) is 23.9 Å². The molecule has 2 N–H and O–H groups in total. The zero-order valence-electron chi connectivity index (χ0n) is 10.8. The molecule has 0 fully saturated rings. The van der Waals surface area contributed by atoms with Gasteiger partial charge in [0.05, 0.1) is 17.5 Å². The van der Waals surface area contributed by atoms with Crippen LogP contribution in [0.1, 0.15) is 13.8 Å². The van der Waals surface area contributed by atoms with E-state index in [1.807, 2.05) is 13.8 Å². The Kier molecular flexibility index (Phi) is 5.23. The van der Waals surface area contributed by atoms with Crippen molar-refractivity contribution in [1.82, 2.24) is 5.32 Å². The van der Waals surface area contributed by atoms with Gasteiger partial charge in [-0.3, -0.25) is 14.9 Å². The minimum atomic E-state index is -0.697. The van der Waals surface area contributed by atoms with E-state index in [-0.39, 0.29) is 18.1 Å². The van der Waals surface area contributed by atoms with Crippen LogP contribution >= 0.6 is 0 Å². The number of nitrogens with zero attached hydrogens (tertiary/aromatic N) is 1. The fourth-order valence-electron chi connectivity index (χ4n) is 1.36. The molecule has 104 valence electrons. The number of hydrogen-bond donors (Lipinski definition) is 2. The predicted octanol–water partition coefficient (Wildman–Crippen LogP) is 1.92. The molecule has 0 saturated heterocycles. The van der Waals surface area contributed by atoms with E-state index in [1.165, 1.54) is 6.07 Å². The van der Waals surface area contributed by atoms with Crippen LogP contribution in [0.3, 0.4) is 0 Å². The monoisotopic (exact) mass is 269 g/mol. The van der Waals surface area contributed by atoms with E-state index in [2.05, 4.69) is 10.6 Å². The Morgan fingerprint density at radius 1 is 1.47 bits per heavy atom. The first kappa shape index (κ1) is 14.9. The molecular weight excluding hydrogens is 253 g/mol. The van der Waals surface area contributed by atoms with Gasteiger partial charge in [-0.15, -0.1) is 0 Å².